The summed E-state index contributed by atoms with van der Waals surface area (Å²) in [7, 11) is 1.73. The average molecular weight is 346 g/mol. The predicted octanol–water partition coefficient (Wildman–Crippen LogP) is 3.40. The standard InChI is InChI=1S/C20H26O5/c1-12-8-16(23-2)18-13(10-21)4-3-5-15(18)20(12)9-17(25-19(20)22)14-6-7-24-11-14/h6-7,11-12,15-17,21H,3-5,8-10H2,1-2H3/t12-,15+,16-,17+,20-/m1/s1. The first-order valence-electron chi connectivity index (χ1n) is 9.20. The summed E-state index contributed by atoms with van der Waals surface area (Å²) in [6.45, 7) is 2.20. The normalized spacial score (nSPS) is 38.1. The molecule has 1 N–H and O–H groups in total. The van der Waals surface area contributed by atoms with Gasteiger partial charge in [-0.15, -0.1) is 0 Å². The van der Waals surface area contributed by atoms with Gasteiger partial charge in [-0.1, -0.05) is 6.92 Å². The Bertz CT molecular complexity index is 676. The number of hydrogen-bond donors (Lipinski definition) is 1. The van der Waals surface area contributed by atoms with Gasteiger partial charge in [-0.05, 0) is 54.7 Å². The number of methoxy groups -OCH3 is 1. The summed E-state index contributed by atoms with van der Waals surface area (Å²) in [6.07, 6.45) is 7.35. The molecule has 25 heavy (non-hydrogen) atoms. The molecule has 0 aromatic carbocycles. The van der Waals surface area contributed by atoms with E-state index in [-0.39, 0.29) is 36.6 Å². The van der Waals surface area contributed by atoms with E-state index in [2.05, 4.69) is 6.92 Å². The van der Waals surface area contributed by atoms with Crippen molar-refractivity contribution in [1.82, 2.24) is 0 Å². The lowest BCUT2D eigenvalue weighted by molar-refractivity contribution is -0.156. The number of cyclic esters (lactones) is 1. The van der Waals surface area contributed by atoms with Gasteiger partial charge in [0.1, 0.15) is 6.10 Å². The fourth-order valence-electron chi connectivity index (χ4n) is 5.45. The fraction of sp³-hybridized carbons (Fsp3) is 0.650. The number of rotatable bonds is 3. The van der Waals surface area contributed by atoms with Crippen molar-refractivity contribution in [2.45, 2.75) is 51.2 Å². The van der Waals surface area contributed by atoms with Crippen LogP contribution in [0.4, 0.5) is 0 Å². The molecule has 1 saturated heterocycles. The van der Waals surface area contributed by atoms with E-state index >= 15 is 0 Å². The van der Waals surface area contributed by atoms with Crippen LogP contribution in [0.15, 0.2) is 34.2 Å². The van der Waals surface area contributed by atoms with Crippen LogP contribution in [-0.4, -0.2) is 30.9 Å². The molecule has 2 heterocycles. The van der Waals surface area contributed by atoms with Gasteiger partial charge in [-0.25, -0.2) is 0 Å². The lowest BCUT2D eigenvalue weighted by Gasteiger charge is -2.50. The number of hydrogen-bond acceptors (Lipinski definition) is 5. The van der Waals surface area contributed by atoms with E-state index in [0.717, 1.165) is 36.8 Å². The van der Waals surface area contributed by atoms with Gasteiger partial charge in [0.2, 0.25) is 0 Å². The summed E-state index contributed by atoms with van der Waals surface area (Å²) in [6, 6.07) is 1.87. The van der Waals surface area contributed by atoms with Crippen LogP contribution in [0.25, 0.3) is 0 Å². The molecule has 1 aliphatic heterocycles. The van der Waals surface area contributed by atoms with Gasteiger partial charge in [0.05, 0.1) is 30.7 Å². The average Bonchev–Trinajstić information content (AvgIpc) is 3.26. The summed E-state index contributed by atoms with van der Waals surface area (Å²) in [5, 5.41) is 9.87. The highest BCUT2D eigenvalue weighted by Gasteiger charge is 2.62. The maximum Gasteiger partial charge on any atom is 0.313 e. The van der Waals surface area contributed by atoms with Crippen molar-refractivity contribution in [3.63, 3.8) is 0 Å². The highest BCUT2D eigenvalue weighted by Crippen LogP contribution is 2.61. The highest BCUT2D eigenvalue weighted by molar-refractivity contribution is 5.81. The monoisotopic (exact) mass is 346 g/mol. The Morgan fingerprint density at radius 2 is 2.28 bits per heavy atom. The third-order valence-corrected chi connectivity index (χ3v) is 6.71. The van der Waals surface area contributed by atoms with Crippen LogP contribution in [0.1, 0.15) is 50.7 Å². The van der Waals surface area contributed by atoms with Gasteiger partial charge < -0.3 is 19.0 Å². The molecule has 2 fully saturated rings. The molecule has 0 radical (unpaired) electrons. The zero-order valence-electron chi connectivity index (χ0n) is 14.9. The molecule has 4 rings (SSSR count). The second-order valence-electron chi connectivity index (χ2n) is 7.72. The summed E-state index contributed by atoms with van der Waals surface area (Å²) < 4.78 is 16.8. The molecule has 5 nitrogen and oxygen atoms in total. The van der Waals surface area contributed by atoms with Crippen molar-refractivity contribution in [2.24, 2.45) is 17.3 Å². The molecule has 136 valence electrons. The minimum absolute atomic E-state index is 0.00569. The Morgan fingerprint density at radius 1 is 1.44 bits per heavy atom. The van der Waals surface area contributed by atoms with E-state index in [1.807, 2.05) is 6.07 Å². The molecule has 1 spiro atoms. The third-order valence-electron chi connectivity index (χ3n) is 6.71. The summed E-state index contributed by atoms with van der Waals surface area (Å²) in [4.78, 5) is 13.1. The van der Waals surface area contributed by atoms with E-state index in [4.69, 9.17) is 13.9 Å². The SMILES string of the molecule is CO[C@@H]1C[C@@H](C)[C@]2(C[C@@H](c3ccoc3)OC2=O)[C@H]2CCCC(CO)=C12. The smallest absolute Gasteiger partial charge is 0.313 e. The minimum Gasteiger partial charge on any atom is -0.472 e. The number of fused-ring (bicyclic) bond motifs is 2. The Kier molecular flexibility index (Phi) is 4.24. The molecule has 1 saturated carbocycles. The first kappa shape index (κ1) is 16.9. The van der Waals surface area contributed by atoms with Crippen LogP contribution in [0, 0.1) is 17.3 Å². The number of carbonyl (C=O) groups excluding carboxylic acids is 1. The molecule has 5 atom stereocenters. The molecule has 3 aliphatic rings. The van der Waals surface area contributed by atoms with Gasteiger partial charge in [0.25, 0.3) is 0 Å². The molecule has 2 aliphatic carbocycles. The number of aliphatic hydroxyl groups excluding tert-OH is 1. The minimum atomic E-state index is -0.521. The Morgan fingerprint density at radius 3 is 2.96 bits per heavy atom. The van der Waals surface area contributed by atoms with Crippen LogP contribution in [-0.2, 0) is 14.3 Å². The predicted molar refractivity (Wildman–Crippen MR) is 90.6 cm³/mol. The molecule has 5 heteroatoms. The van der Waals surface area contributed by atoms with Crippen molar-refractivity contribution in [2.75, 3.05) is 13.7 Å². The Labute approximate surface area is 148 Å². The number of esters is 1. The van der Waals surface area contributed by atoms with Crippen LogP contribution in [0.5, 0.6) is 0 Å². The van der Waals surface area contributed by atoms with Crippen molar-refractivity contribution in [1.29, 1.82) is 0 Å². The quantitative estimate of drug-likeness (QED) is 0.671. The largest absolute Gasteiger partial charge is 0.472 e. The fourth-order valence-corrected chi connectivity index (χ4v) is 5.45. The summed E-state index contributed by atoms with van der Waals surface area (Å²) in [5.41, 5.74) is 2.63. The van der Waals surface area contributed by atoms with Gasteiger partial charge in [0.15, 0.2) is 0 Å². The van der Waals surface area contributed by atoms with Gasteiger partial charge in [0, 0.05) is 19.1 Å². The van der Waals surface area contributed by atoms with Crippen LogP contribution in [0.2, 0.25) is 0 Å². The van der Waals surface area contributed by atoms with Gasteiger partial charge in [-0.2, -0.15) is 0 Å². The molecule has 1 aromatic rings. The molecule has 0 unspecified atom stereocenters. The van der Waals surface area contributed by atoms with E-state index < -0.39 is 5.41 Å². The lowest BCUT2D eigenvalue weighted by atomic mass is 9.53. The molecular weight excluding hydrogens is 320 g/mol. The van der Waals surface area contributed by atoms with Gasteiger partial charge >= 0.3 is 5.97 Å². The van der Waals surface area contributed by atoms with E-state index in [1.165, 1.54) is 5.57 Å². The summed E-state index contributed by atoms with van der Waals surface area (Å²) >= 11 is 0. The van der Waals surface area contributed by atoms with E-state index in [0.29, 0.717) is 6.42 Å². The maximum atomic E-state index is 13.1. The lowest BCUT2D eigenvalue weighted by Crippen LogP contribution is -2.50. The number of furan rings is 1. The zero-order valence-corrected chi connectivity index (χ0v) is 14.9. The number of aliphatic hydroxyl groups is 1. The first-order chi connectivity index (χ1) is 12.1. The van der Waals surface area contributed by atoms with Crippen LogP contribution >= 0.6 is 0 Å². The van der Waals surface area contributed by atoms with Crippen LogP contribution in [0.3, 0.4) is 0 Å². The Hall–Kier alpha value is -1.59. The highest BCUT2D eigenvalue weighted by atomic mass is 16.6. The number of ether oxygens (including phenoxy) is 2. The summed E-state index contributed by atoms with van der Waals surface area (Å²) in [5.74, 6) is 0.178. The molecular formula is C20H26O5. The van der Waals surface area contributed by atoms with Crippen molar-refractivity contribution in [3.8, 4) is 0 Å². The molecule has 0 bridgehead atoms. The van der Waals surface area contributed by atoms with Crippen LogP contribution < -0.4 is 0 Å². The third kappa shape index (κ3) is 2.40. The Balaban J connectivity index is 1.77. The molecule has 1 aromatic heterocycles. The topological polar surface area (TPSA) is 68.9 Å². The van der Waals surface area contributed by atoms with E-state index in [1.54, 1.807) is 19.6 Å². The number of carbonyl (C=O) groups is 1. The van der Waals surface area contributed by atoms with Crippen molar-refractivity contribution >= 4 is 5.97 Å². The van der Waals surface area contributed by atoms with E-state index in [9.17, 15) is 9.90 Å². The second kappa shape index (κ2) is 6.29. The maximum absolute atomic E-state index is 13.1. The van der Waals surface area contributed by atoms with Gasteiger partial charge in [-0.3, -0.25) is 4.79 Å². The zero-order chi connectivity index (χ0) is 17.6. The van der Waals surface area contributed by atoms with Crippen molar-refractivity contribution in [3.05, 3.63) is 35.3 Å². The van der Waals surface area contributed by atoms with Crippen molar-refractivity contribution < 1.29 is 23.8 Å². The molecule has 0 amide bonds. The second-order valence-corrected chi connectivity index (χ2v) is 7.72. The first-order valence-corrected chi connectivity index (χ1v) is 9.20.